The molecule has 4 N–H and O–H groups in total. The number of aromatic amines is 2. The normalized spacial score (nSPS) is 14.8. The van der Waals surface area contributed by atoms with E-state index in [2.05, 4.69) is 19.9 Å². The summed E-state index contributed by atoms with van der Waals surface area (Å²) in [5, 5.41) is 0.625. The maximum absolute atomic E-state index is 13.7. The van der Waals surface area contributed by atoms with Crippen molar-refractivity contribution in [3.63, 3.8) is 0 Å². The molecular formula is C24H25FN6O3. The molecule has 0 spiro atoms. The van der Waals surface area contributed by atoms with Crippen LogP contribution in [0.5, 0.6) is 0 Å². The van der Waals surface area contributed by atoms with Crippen molar-refractivity contribution in [2.75, 3.05) is 52.2 Å². The van der Waals surface area contributed by atoms with Crippen LogP contribution in [0.2, 0.25) is 0 Å². The second-order valence-electron chi connectivity index (χ2n) is 8.38. The lowest BCUT2D eigenvalue weighted by atomic mass is 10.1. The molecule has 2 aromatic heterocycles. The zero-order valence-electron chi connectivity index (χ0n) is 18.7. The molecule has 0 bridgehead atoms. The van der Waals surface area contributed by atoms with Crippen molar-refractivity contribution in [3.8, 4) is 11.4 Å². The molecule has 0 radical (unpaired) electrons. The molecule has 10 heteroatoms. The number of nitrogens with zero attached hydrogens (tertiary/aromatic N) is 3. The number of nitrogens with two attached hydrogens (primary N) is 1. The van der Waals surface area contributed by atoms with Gasteiger partial charge in [-0.1, -0.05) is 0 Å². The van der Waals surface area contributed by atoms with Crippen LogP contribution in [0, 0.1) is 5.82 Å². The number of carbonyl (C=O) groups excluding carboxylic acids is 1. The van der Waals surface area contributed by atoms with E-state index >= 15 is 0 Å². The van der Waals surface area contributed by atoms with E-state index in [4.69, 9.17) is 10.5 Å². The number of piperazine rings is 1. The zero-order chi connectivity index (χ0) is 23.8. The molecule has 9 nitrogen and oxygen atoms in total. The summed E-state index contributed by atoms with van der Waals surface area (Å²) in [5.74, 6) is -0.516. The van der Waals surface area contributed by atoms with E-state index in [1.165, 1.54) is 18.2 Å². The van der Waals surface area contributed by atoms with Gasteiger partial charge in [0.1, 0.15) is 5.82 Å². The number of methoxy groups -OCH3 is 1. The first kappa shape index (κ1) is 22.1. The fourth-order valence-corrected chi connectivity index (χ4v) is 4.34. The molecule has 1 fully saturated rings. The number of H-pyrrole nitrogens is 2. The van der Waals surface area contributed by atoms with E-state index in [0.717, 1.165) is 19.6 Å². The van der Waals surface area contributed by atoms with Gasteiger partial charge < -0.3 is 25.3 Å². The van der Waals surface area contributed by atoms with Crippen molar-refractivity contribution in [2.45, 2.75) is 0 Å². The summed E-state index contributed by atoms with van der Waals surface area (Å²) in [6.07, 6.45) is 0. The van der Waals surface area contributed by atoms with Gasteiger partial charge in [0.2, 0.25) is 0 Å². The number of nitrogens with one attached hydrogen (secondary N) is 2. The van der Waals surface area contributed by atoms with Gasteiger partial charge in [-0.2, -0.15) is 0 Å². The van der Waals surface area contributed by atoms with E-state index in [1.807, 2.05) is 4.90 Å². The highest BCUT2D eigenvalue weighted by Gasteiger charge is 2.23. The molecule has 5 rings (SSSR count). The molecule has 1 aliphatic rings. The van der Waals surface area contributed by atoms with Crippen LogP contribution in [0.1, 0.15) is 10.4 Å². The first-order valence-electron chi connectivity index (χ1n) is 11.1. The number of fused-ring (bicyclic) bond motifs is 2. The largest absolute Gasteiger partial charge is 0.396 e. The summed E-state index contributed by atoms with van der Waals surface area (Å²) < 4.78 is 18.8. The fourth-order valence-electron chi connectivity index (χ4n) is 4.34. The van der Waals surface area contributed by atoms with E-state index in [1.54, 1.807) is 25.3 Å². The number of benzene rings is 2. The van der Waals surface area contributed by atoms with Crippen LogP contribution >= 0.6 is 0 Å². The Kier molecular flexibility index (Phi) is 5.76. The number of carbonyl (C=O) groups is 1. The standard InChI is InChI=1S/C24H25FN6O3/c1-34-11-10-30-6-8-31(9-7-30)24(33)14-2-4-17-16(12-14)20(26)21(27-17)22-23(32)29-18-5-3-15(25)13-19(18)28-22/h2-5,12-13,27H,6-11,26H2,1H3,(H,29,32). The lowest BCUT2D eigenvalue weighted by Crippen LogP contribution is -2.49. The van der Waals surface area contributed by atoms with Crippen LogP contribution < -0.4 is 11.3 Å². The monoisotopic (exact) mass is 464 g/mol. The maximum Gasteiger partial charge on any atom is 0.276 e. The first-order valence-corrected chi connectivity index (χ1v) is 11.1. The van der Waals surface area contributed by atoms with Crippen molar-refractivity contribution in [1.29, 1.82) is 0 Å². The Labute approximate surface area is 194 Å². The third-order valence-electron chi connectivity index (χ3n) is 6.25. The fraction of sp³-hybridized carbons (Fsp3) is 0.292. The highest BCUT2D eigenvalue weighted by atomic mass is 19.1. The second kappa shape index (κ2) is 8.88. The smallest absolute Gasteiger partial charge is 0.276 e. The van der Waals surface area contributed by atoms with Gasteiger partial charge in [0.15, 0.2) is 5.69 Å². The van der Waals surface area contributed by atoms with Crippen molar-refractivity contribution in [2.24, 2.45) is 0 Å². The average Bonchev–Trinajstić information content (AvgIpc) is 3.18. The van der Waals surface area contributed by atoms with Gasteiger partial charge in [0.05, 0.1) is 29.0 Å². The van der Waals surface area contributed by atoms with E-state index in [9.17, 15) is 14.0 Å². The van der Waals surface area contributed by atoms with Gasteiger partial charge in [-0.05, 0) is 30.3 Å². The number of hydrogen-bond acceptors (Lipinski definition) is 6. The van der Waals surface area contributed by atoms with Gasteiger partial charge in [-0.25, -0.2) is 9.37 Å². The van der Waals surface area contributed by atoms with Crippen LogP contribution in [0.25, 0.3) is 33.3 Å². The Morgan fingerprint density at radius 1 is 1.12 bits per heavy atom. The molecule has 4 aromatic rings. The number of hydrogen-bond donors (Lipinski definition) is 3. The maximum atomic E-state index is 13.7. The van der Waals surface area contributed by atoms with Gasteiger partial charge >= 0.3 is 0 Å². The number of nitrogen functional groups attached to an aromatic ring is 1. The summed E-state index contributed by atoms with van der Waals surface area (Å²) >= 11 is 0. The summed E-state index contributed by atoms with van der Waals surface area (Å²) in [4.78, 5) is 40.1. The molecule has 3 heterocycles. The Balaban J connectivity index is 1.44. The summed E-state index contributed by atoms with van der Waals surface area (Å²) in [5.41, 5.74) is 8.59. The Bertz CT molecular complexity index is 1440. The molecule has 0 atom stereocenters. The van der Waals surface area contributed by atoms with Crippen LogP contribution in [-0.2, 0) is 4.74 Å². The predicted octanol–water partition coefficient (Wildman–Crippen LogP) is 2.20. The van der Waals surface area contributed by atoms with Gasteiger partial charge in [0.25, 0.3) is 11.5 Å². The topological polar surface area (TPSA) is 120 Å². The van der Waals surface area contributed by atoms with Crippen molar-refractivity contribution < 1.29 is 13.9 Å². The number of halogens is 1. The number of ether oxygens (including phenoxy) is 1. The van der Waals surface area contributed by atoms with Crippen LogP contribution in [0.15, 0.2) is 41.2 Å². The van der Waals surface area contributed by atoms with Crippen LogP contribution in [0.3, 0.4) is 0 Å². The molecule has 0 unspecified atom stereocenters. The summed E-state index contributed by atoms with van der Waals surface area (Å²) in [7, 11) is 1.68. The van der Waals surface area contributed by atoms with Gasteiger partial charge in [-0.15, -0.1) is 0 Å². The minimum Gasteiger partial charge on any atom is -0.396 e. The average molecular weight is 465 g/mol. The lowest BCUT2D eigenvalue weighted by molar-refractivity contribution is 0.0594. The number of amides is 1. The minimum atomic E-state index is -0.453. The molecule has 176 valence electrons. The number of anilines is 1. The van der Waals surface area contributed by atoms with E-state index < -0.39 is 11.4 Å². The summed E-state index contributed by atoms with van der Waals surface area (Å²) in [6.45, 7) is 4.39. The molecule has 0 aliphatic carbocycles. The molecule has 34 heavy (non-hydrogen) atoms. The van der Waals surface area contributed by atoms with Crippen molar-refractivity contribution in [1.82, 2.24) is 24.8 Å². The van der Waals surface area contributed by atoms with Crippen LogP contribution in [0.4, 0.5) is 10.1 Å². The van der Waals surface area contributed by atoms with E-state index in [0.29, 0.717) is 58.6 Å². The summed E-state index contributed by atoms with van der Waals surface area (Å²) in [6, 6.07) is 9.22. The number of rotatable bonds is 5. The SMILES string of the molecule is COCCN1CCN(C(=O)c2ccc3[nH]c(-c4nc5cc(F)ccc5[nH]c4=O)c(N)c3c2)CC1. The first-order chi connectivity index (χ1) is 16.4. The molecule has 2 aromatic carbocycles. The second-order valence-corrected chi connectivity index (χ2v) is 8.38. The Hall–Kier alpha value is -3.76. The molecular weight excluding hydrogens is 439 g/mol. The van der Waals surface area contributed by atoms with Crippen LogP contribution in [-0.4, -0.2) is 77.1 Å². The lowest BCUT2D eigenvalue weighted by Gasteiger charge is -2.34. The molecule has 0 saturated carbocycles. The van der Waals surface area contributed by atoms with Crippen molar-refractivity contribution in [3.05, 3.63) is 58.1 Å². The predicted molar refractivity (Wildman–Crippen MR) is 128 cm³/mol. The Morgan fingerprint density at radius 2 is 1.88 bits per heavy atom. The van der Waals surface area contributed by atoms with Gasteiger partial charge in [-0.3, -0.25) is 14.5 Å². The minimum absolute atomic E-state index is 0.0619. The van der Waals surface area contributed by atoms with E-state index in [-0.39, 0.29) is 11.6 Å². The number of aromatic nitrogens is 3. The third kappa shape index (κ3) is 4.02. The zero-order valence-corrected chi connectivity index (χ0v) is 18.7. The van der Waals surface area contributed by atoms with Gasteiger partial charge in [0, 0.05) is 62.4 Å². The highest BCUT2D eigenvalue weighted by Crippen LogP contribution is 2.31. The Morgan fingerprint density at radius 3 is 2.65 bits per heavy atom. The molecule has 1 saturated heterocycles. The molecule has 1 aliphatic heterocycles. The quantitative estimate of drug-likeness (QED) is 0.417. The highest BCUT2D eigenvalue weighted by molar-refractivity contribution is 6.04. The van der Waals surface area contributed by atoms with Crippen molar-refractivity contribution >= 4 is 33.5 Å². The molecule has 1 amide bonds. The third-order valence-corrected chi connectivity index (χ3v) is 6.25.